The van der Waals surface area contributed by atoms with Gasteiger partial charge in [-0.1, -0.05) is 0 Å². The molecule has 88 valence electrons. The zero-order valence-electron chi connectivity index (χ0n) is 9.38. The molecular formula is C11H10N3O3-. The van der Waals surface area contributed by atoms with E-state index in [-0.39, 0.29) is 11.8 Å². The number of rotatable bonds is 1. The van der Waals surface area contributed by atoms with Gasteiger partial charge in [-0.3, -0.25) is 14.5 Å². The number of carbonyl (C=O) groups is 2. The summed E-state index contributed by atoms with van der Waals surface area (Å²) >= 11 is 0. The Hall–Kier alpha value is -2.37. The molecular weight excluding hydrogens is 222 g/mol. The van der Waals surface area contributed by atoms with Gasteiger partial charge in [-0.15, -0.1) is 0 Å². The van der Waals surface area contributed by atoms with Crippen LogP contribution in [0, 0.1) is 5.21 Å². The monoisotopic (exact) mass is 232 g/mol. The van der Waals surface area contributed by atoms with Crippen molar-refractivity contribution in [3.8, 4) is 0 Å². The summed E-state index contributed by atoms with van der Waals surface area (Å²) in [6, 6.07) is 4.61. The van der Waals surface area contributed by atoms with Crippen LogP contribution in [0.2, 0.25) is 0 Å². The fraction of sp³-hybridized carbons (Fsp3) is 0.182. The van der Waals surface area contributed by atoms with Gasteiger partial charge in [0, 0.05) is 13.8 Å². The van der Waals surface area contributed by atoms with E-state index >= 15 is 0 Å². The molecule has 6 nitrogen and oxygen atoms in total. The molecule has 0 aliphatic carbocycles. The Morgan fingerprint density at radius 1 is 1.29 bits per heavy atom. The zero-order chi connectivity index (χ0) is 12.6. The van der Waals surface area contributed by atoms with E-state index in [0.717, 1.165) is 11.2 Å². The van der Waals surface area contributed by atoms with E-state index in [4.69, 9.17) is 0 Å². The molecule has 0 atom stereocenters. The van der Waals surface area contributed by atoms with Crippen LogP contribution in [0.15, 0.2) is 24.5 Å². The van der Waals surface area contributed by atoms with Gasteiger partial charge >= 0.3 is 0 Å². The highest BCUT2D eigenvalue weighted by molar-refractivity contribution is 6.13. The van der Waals surface area contributed by atoms with Gasteiger partial charge in [0.05, 0.1) is 23.0 Å². The number of hydrogen-bond donors (Lipinski definition) is 0. The average molecular weight is 232 g/mol. The largest absolute Gasteiger partial charge is 0.805 e. The number of benzene rings is 1. The predicted octanol–water partition coefficient (Wildman–Crippen LogP) is 1.28. The molecule has 0 fully saturated rings. The fourth-order valence-electron chi connectivity index (χ4n) is 1.70. The Labute approximate surface area is 97.0 Å². The van der Waals surface area contributed by atoms with E-state index in [2.05, 4.69) is 4.98 Å². The normalized spacial score (nSPS) is 10.5. The Morgan fingerprint density at radius 2 is 1.94 bits per heavy atom. The first kappa shape index (κ1) is 11.1. The fourth-order valence-corrected chi connectivity index (χ4v) is 1.70. The summed E-state index contributed by atoms with van der Waals surface area (Å²) < 4.78 is 0.630. The maximum Gasteiger partial charge on any atom is 0.230 e. The number of aromatic nitrogens is 2. The second-order valence-electron chi connectivity index (χ2n) is 3.62. The molecule has 2 aromatic rings. The Kier molecular flexibility index (Phi) is 2.55. The smallest absolute Gasteiger partial charge is 0.230 e. The number of nitrogens with zero attached hydrogens (tertiary/aromatic N) is 3. The van der Waals surface area contributed by atoms with Gasteiger partial charge in [0.2, 0.25) is 11.8 Å². The minimum Gasteiger partial charge on any atom is -0.805 e. The third-order valence-corrected chi connectivity index (χ3v) is 2.39. The van der Waals surface area contributed by atoms with Gasteiger partial charge in [0.25, 0.3) is 0 Å². The zero-order valence-corrected chi connectivity index (χ0v) is 9.38. The van der Waals surface area contributed by atoms with Gasteiger partial charge < -0.3 is 9.94 Å². The van der Waals surface area contributed by atoms with Crippen LogP contribution < -0.4 is 4.90 Å². The molecule has 2 amide bonds. The third-order valence-electron chi connectivity index (χ3n) is 2.39. The SMILES string of the molecule is CC(=O)N(C(C)=O)c1ccc2c(c1)ncn2[O-]. The van der Waals surface area contributed by atoms with Crippen molar-refractivity contribution in [3.63, 3.8) is 0 Å². The van der Waals surface area contributed by atoms with Crippen LogP contribution in [0.1, 0.15) is 13.8 Å². The van der Waals surface area contributed by atoms with Crippen molar-refractivity contribution >= 4 is 28.5 Å². The molecule has 0 bridgehead atoms. The van der Waals surface area contributed by atoms with Gasteiger partial charge in [0.15, 0.2) is 0 Å². The lowest BCUT2D eigenvalue weighted by molar-refractivity contribution is -0.124. The second kappa shape index (κ2) is 3.89. The molecule has 6 heteroatoms. The molecule has 1 aromatic heterocycles. The van der Waals surface area contributed by atoms with Crippen LogP contribution in [0.4, 0.5) is 5.69 Å². The maximum atomic E-state index is 11.3. The summed E-state index contributed by atoms with van der Waals surface area (Å²) in [4.78, 5) is 27.6. The van der Waals surface area contributed by atoms with E-state index in [9.17, 15) is 14.8 Å². The molecule has 1 aromatic carbocycles. The molecule has 0 N–H and O–H groups in total. The van der Waals surface area contributed by atoms with Crippen LogP contribution in [0.5, 0.6) is 0 Å². The number of carbonyl (C=O) groups excluding carboxylic acids is 2. The minimum atomic E-state index is -0.376. The van der Waals surface area contributed by atoms with Crippen molar-refractivity contribution in [1.82, 2.24) is 9.71 Å². The molecule has 1 heterocycles. The van der Waals surface area contributed by atoms with E-state index in [1.165, 1.54) is 26.0 Å². The molecule has 0 aliphatic heterocycles. The standard InChI is InChI=1S/C11H10N3O3/c1-7(15)14(8(2)16)9-3-4-11-10(5-9)12-6-13(11)17/h3-6H,1-2H3/q-1. The van der Waals surface area contributed by atoms with Crippen LogP contribution >= 0.6 is 0 Å². The van der Waals surface area contributed by atoms with Crippen LogP contribution in [-0.2, 0) is 9.59 Å². The van der Waals surface area contributed by atoms with Crippen LogP contribution in [-0.4, -0.2) is 21.5 Å². The lowest BCUT2D eigenvalue weighted by atomic mass is 10.2. The van der Waals surface area contributed by atoms with E-state index in [0.29, 0.717) is 21.5 Å². The summed E-state index contributed by atoms with van der Waals surface area (Å²) in [6.07, 6.45) is 1.14. The molecule has 0 radical (unpaired) electrons. The lowest BCUT2D eigenvalue weighted by Crippen LogP contribution is -2.32. The summed E-state index contributed by atoms with van der Waals surface area (Å²) in [5, 5.41) is 11.2. The summed E-state index contributed by atoms with van der Waals surface area (Å²) in [5.41, 5.74) is 1.27. The summed E-state index contributed by atoms with van der Waals surface area (Å²) in [7, 11) is 0. The molecule has 17 heavy (non-hydrogen) atoms. The van der Waals surface area contributed by atoms with Gasteiger partial charge in [-0.2, -0.15) is 0 Å². The van der Waals surface area contributed by atoms with Crippen LogP contribution in [0.3, 0.4) is 0 Å². The average Bonchev–Trinajstić information content (AvgIpc) is 2.59. The first-order valence-corrected chi connectivity index (χ1v) is 4.96. The molecule has 0 aliphatic rings. The highest BCUT2D eigenvalue weighted by atomic mass is 16.5. The summed E-state index contributed by atoms with van der Waals surface area (Å²) in [6.45, 7) is 2.61. The Morgan fingerprint density at radius 3 is 2.53 bits per heavy atom. The Balaban J connectivity index is 2.55. The van der Waals surface area contributed by atoms with Gasteiger partial charge in [-0.25, -0.2) is 4.98 Å². The number of amides is 2. The molecule has 0 unspecified atom stereocenters. The van der Waals surface area contributed by atoms with Crippen molar-refractivity contribution in [1.29, 1.82) is 0 Å². The topological polar surface area (TPSA) is 78.3 Å². The maximum absolute atomic E-state index is 11.3. The minimum absolute atomic E-state index is 0.376. The van der Waals surface area contributed by atoms with Crippen molar-refractivity contribution < 1.29 is 9.59 Å². The van der Waals surface area contributed by atoms with Crippen LogP contribution in [0.25, 0.3) is 11.0 Å². The predicted molar refractivity (Wildman–Crippen MR) is 62.3 cm³/mol. The molecule has 0 spiro atoms. The number of anilines is 1. The Bertz CT molecular complexity index is 589. The molecule has 2 rings (SSSR count). The highest BCUT2D eigenvalue weighted by Crippen LogP contribution is 2.21. The molecule has 0 saturated carbocycles. The van der Waals surface area contributed by atoms with Crippen molar-refractivity contribution in [3.05, 3.63) is 29.7 Å². The van der Waals surface area contributed by atoms with E-state index in [1.54, 1.807) is 6.07 Å². The van der Waals surface area contributed by atoms with Crippen molar-refractivity contribution in [2.75, 3.05) is 4.90 Å². The first-order chi connectivity index (χ1) is 8.00. The molecule has 0 saturated heterocycles. The van der Waals surface area contributed by atoms with Gasteiger partial charge in [0.1, 0.15) is 0 Å². The quantitative estimate of drug-likeness (QED) is 0.741. The summed E-state index contributed by atoms with van der Waals surface area (Å²) in [5.74, 6) is -0.753. The number of fused-ring (bicyclic) bond motifs is 1. The highest BCUT2D eigenvalue weighted by Gasteiger charge is 2.16. The lowest BCUT2D eigenvalue weighted by Gasteiger charge is -2.17. The second-order valence-corrected chi connectivity index (χ2v) is 3.62. The van der Waals surface area contributed by atoms with Crippen molar-refractivity contribution in [2.45, 2.75) is 13.8 Å². The van der Waals surface area contributed by atoms with E-state index < -0.39 is 0 Å². The number of hydrogen-bond acceptors (Lipinski definition) is 4. The van der Waals surface area contributed by atoms with Gasteiger partial charge in [-0.05, 0) is 18.2 Å². The number of imide groups is 1. The first-order valence-electron chi connectivity index (χ1n) is 4.96. The van der Waals surface area contributed by atoms with E-state index in [1.807, 2.05) is 0 Å². The van der Waals surface area contributed by atoms with Crippen molar-refractivity contribution in [2.24, 2.45) is 0 Å². The number of imidazole rings is 1. The third kappa shape index (κ3) is 1.84.